The van der Waals surface area contributed by atoms with E-state index in [4.69, 9.17) is 18.6 Å². The van der Waals surface area contributed by atoms with Crippen LogP contribution in [0.25, 0.3) is 0 Å². The maximum absolute atomic E-state index is 12.6. The van der Waals surface area contributed by atoms with E-state index in [1.54, 1.807) is 31.4 Å². The van der Waals surface area contributed by atoms with Gasteiger partial charge in [0.2, 0.25) is 0 Å². The van der Waals surface area contributed by atoms with Crippen LogP contribution in [0.2, 0.25) is 0 Å². The molecule has 1 unspecified atom stereocenters. The first-order valence-corrected chi connectivity index (χ1v) is 11.6. The Kier molecular flexibility index (Phi) is 8.18. The topological polar surface area (TPSA) is 81.5 Å². The molecule has 1 amide bonds. The molecule has 1 saturated heterocycles. The predicted molar refractivity (Wildman–Crippen MR) is 129 cm³/mol. The van der Waals surface area contributed by atoms with Crippen molar-refractivity contribution in [1.82, 2.24) is 9.80 Å². The molecule has 8 heteroatoms. The van der Waals surface area contributed by atoms with Crippen LogP contribution in [0.3, 0.4) is 0 Å². The van der Waals surface area contributed by atoms with Crippen molar-refractivity contribution in [2.75, 3.05) is 46.9 Å². The summed E-state index contributed by atoms with van der Waals surface area (Å²) in [5, 5.41) is 0. The number of piperazine rings is 1. The number of carbonyl (C=O) groups is 2. The van der Waals surface area contributed by atoms with Crippen molar-refractivity contribution >= 4 is 11.9 Å². The molecule has 0 aliphatic carbocycles. The lowest BCUT2D eigenvalue weighted by Gasteiger charge is -2.36. The summed E-state index contributed by atoms with van der Waals surface area (Å²) in [4.78, 5) is 28.4. The lowest BCUT2D eigenvalue weighted by atomic mass is 10.1. The third-order valence-electron chi connectivity index (χ3n) is 6.11. The van der Waals surface area contributed by atoms with Crippen molar-refractivity contribution < 1.29 is 28.2 Å². The number of carbonyl (C=O) groups excluding carboxylic acids is 2. The zero-order chi connectivity index (χ0) is 24.6. The Labute approximate surface area is 205 Å². The highest BCUT2D eigenvalue weighted by Crippen LogP contribution is 2.25. The van der Waals surface area contributed by atoms with Gasteiger partial charge in [-0.3, -0.25) is 9.69 Å². The molecule has 1 aromatic heterocycles. The number of furan rings is 1. The third-order valence-corrected chi connectivity index (χ3v) is 6.11. The molecule has 3 aromatic rings. The molecule has 35 heavy (non-hydrogen) atoms. The Hall–Kier alpha value is -3.62. The molecular formula is C27H30N2O6. The molecule has 2 heterocycles. The normalized spacial score (nSPS) is 15.0. The van der Waals surface area contributed by atoms with E-state index < -0.39 is 0 Å². The second kappa shape index (κ2) is 11.7. The number of methoxy groups -OCH3 is 2. The first kappa shape index (κ1) is 24.5. The third kappa shape index (κ3) is 6.29. The summed E-state index contributed by atoms with van der Waals surface area (Å²) < 4.78 is 21.8. The Bertz CT molecular complexity index is 1100. The van der Waals surface area contributed by atoms with Gasteiger partial charge >= 0.3 is 5.97 Å². The maximum Gasteiger partial charge on any atom is 0.337 e. The standard InChI is InChI=1S/C27H30N2O6/c1-32-23-6-3-5-22(17-23)25(35-19-20-8-10-21(11-9-20)27(31)33-2)18-28-12-14-29(15-13-28)26(30)24-7-4-16-34-24/h3-11,16-17,25H,12-15,18-19H2,1-2H3. The molecule has 1 fully saturated rings. The van der Waals surface area contributed by atoms with E-state index >= 15 is 0 Å². The molecule has 0 spiro atoms. The highest BCUT2D eigenvalue weighted by atomic mass is 16.5. The van der Waals surface area contributed by atoms with Crippen LogP contribution < -0.4 is 4.74 Å². The summed E-state index contributed by atoms with van der Waals surface area (Å²) in [7, 11) is 3.01. The van der Waals surface area contributed by atoms with Crippen molar-refractivity contribution in [1.29, 1.82) is 0 Å². The Morgan fingerprint density at radius 2 is 1.74 bits per heavy atom. The van der Waals surface area contributed by atoms with Crippen LogP contribution in [-0.2, 0) is 16.1 Å². The van der Waals surface area contributed by atoms with Crippen LogP contribution in [0.15, 0.2) is 71.3 Å². The minimum Gasteiger partial charge on any atom is -0.497 e. The van der Waals surface area contributed by atoms with E-state index in [2.05, 4.69) is 4.90 Å². The molecule has 0 radical (unpaired) electrons. The molecule has 1 aliphatic heterocycles. The Morgan fingerprint density at radius 1 is 0.971 bits per heavy atom. The molecule has 4 rings (SSSR count). The van der Waals surface area contributed by atoms with Gasteiger partial charge in [0.25, 0.3) is 5.91 Å². The van der Waals surface area contributed by atoms with Crippen molar-refractivity contribution in [2.45, 2.75) is 12.7 Å². The fraction of sp³-hybridized carbons (Fsp3) is 0.333. The van der Waals surface area contributed by atoms with Crippen LogP contribution in [0.1, 0.15) is 38.1 Å². The molecule has 0 N–H and O–H groups in total. The van der Waals surface area contributed by atoms with Gasteiger partial charge in [0.05, 0.1) is 38.8 Å². The van der Waals surface area contributed by atoms with E-state index in [0.717, 1.165) is 30.0 Å². The van der Waals surface area contributed by atoms with Gasteiger partial charge in [0.1, 0.15) is 5.75 Å². The number of nitrogens with zero attached hydrogens (tertiary/aromatic N) is 2. The molecule has 0 bridgehead atoms. The highest BCUT2D eigenvalue weighted by molar-refractivity contribution is 5.91. The summed E-state index contributed by atoms with van der Waals surface area (Å²) in [6.07, 6.45) is 1.32. The first-order chi connectivity index (χ1) is 17.1. The zero-order valence-electron chi connectivity index (χ0n) is 20.0. The fourth-order valence-corrected chi connectivity index (χ4v) is 4.07. The number of ether oxygens (including phenoxy) is 3. The first-order valence-electron chi connectivity index (χ1n) is 11.6. The van der Waals surface area contributed by atoms with E-state index in [-0.39, 0.29) is 18.0 Å². The number of amides is 1. The Balaban J connectivity index is 1.40. The van der Waals surface area contributed by atoms with E-state index in [1.807, 2.05) is 41.3 Å². The summed E-state index contributed by atoms with van der Waals surface area (Å²) in [5.41, 5.74) is 2.48. The number of rotatable bonds is 9. The van der Waals surface area contributed by atoms with E-state index in [1.165, 1.54) is 13.4 Å². The van der Waals surface area contributed by atoms with Gasteiger partial charge in [-0.05, 0) is 47.5 Å². The summed E-state index contributed by atoms with van der Waals surface area (Å²) >= 11 is 0. The number of benzene rings is 2. The van der Waals surface area contributed by atoms with E-state index in [9.17, 15) is 9.59 Å². The van der Waals surface area contributed by atoms with Gasteiger partial charge in [0, 0.05) is 32.7 Å². The fourth-order valence-electron chi connectivity index (χ4n) is 4.07. The number of hydrogen-bond donors (Lipinski definition) is 0. The predicted octanol–water partition coefficient (Wildman–Crippen LogP) is 3.79. The van der Waals surface area contributed by atoms with Gasteiger partial charge in [-0.1, -0.05) is 24.3 Å². The van der Waals surface area contributed by atoms with Crippen molar-refractivity contribution in [3.63, 3.8) is 0 Å². The number of hydrogen-bond acceptors (Lipinski definition) is 7. The average Bonchev–Trinajstić information content (AvgIpc) is 3.46. The monoisotopic (exact) mass is 478 g/mol. The van der Waals surface area contributed by atoms with Crippen LogP contribution in [0.5, 0.6) is 5.75 Å². The summed E-state index contributed by atoms with van der Waals surface area (Å²) in [5.74, 6) is 0.698. The Morgan fingerprint density at radius 3 is 2.40 bits per heavy atom. The molecule has 0 saturated carbocycles. The molecule has 184 valence electrons. The van der Waals surface area contributed by atoms with Crippen molar-refractivity contribution in [2.24, 2.45) is 0 Å². The van der Waals surface area contributed by atoms with Crippen LogP contribution in [0, 0.1) is 0 Å². The lowest BCUT2D eigenvalue weighted by Crippen LogP contribution is -2.49. The van der Waals surface area contributed by atoms with Crippen LogP contribution >= 0.6 is 0 Å². The van der Waals surface area contributed by atoms with Crippen LogP contribution in [0.4, 0.5) is 0 Å². The average molecular weight is 479 g/mol. The largest absolute Gasteiger partial charge is 0.497 e. The minimum atomic E-state index is -0.364. The molecule has 2 aromatic carbocycles. The second-order valence-corrected chi connectivity index (χ2v) is 8.33. The quantitative estimate of drug-likeness (QED) is 0.433. The van der Waals surface area contributed by atoms with E-state index in [0.29, 0.717) is 37.6 Å². The summed E-state index contributed by atoms with van der Waals surface area (Å²) in [6.45, 7) is 3.80. The van der Waals surface area contributed by atoms with Gasteiger partial charge in [-0.2, -0.15) is 0 Å². The molecule has 8 nitrogen and oxygen atoms in total. The summed E-state index contributed by atoms with van der Waals surface area (Å²) in [6, 6.07) is 18.5. The van der Waals surface area contributed by atoms with Crippen molar-refractivity contribution in [3.05, 3.63) is 89.4 Å². The van der Waals surface area contributed by atoms with Gasteiger partial charge in [0.15, 0.2) is 5.76 Å². The minimum absolute atomic E-state index is 0.0781. The smallest absolute Gasteiger partial charge is 0.337 e. The SMILES string of the molecule is COC(=O)c1ccc(COC(CN2CCN(C(=O)c3ccco3)CC2)c2cccc(OC)c2)cc1. The maximum atomic E-state index is 12.6. The highest BCUT2D eigenvalue weighted by Gasteiger charge is 2.26. The van der Waals surface area contributed by atoms with Crippen LogP contribution in [-0.4, -0.2) is 68.6 Å². The van der Waals surface area contributed by atoms with Gasteiger partial charge < -0.3 is 23.5 Å². The number of esters is 1. The molecule has 1 atom stereocenters. The van der Waals surface area contributed by atoms with Crippen molar-refractivity contribution in [3.8, 4) is 5.75 Å². The van der Waals surface area contributed by atoms with Gasteiger partial charge in [-0.25, -0.2) is 4.79 Å². The second-order valence-electron chi connectivity index (χ2n) is 8.33. The van der Waals surface area contributed by atoms with Gasteiger partial charge in [-0.15, -0.1) is 0 Å². The molecular weight excluding hydrogens is 448 g/mol. The molecule has 1 aliphatic rings. The zero-order valence-corrected chi connectivity index (χ0v) is 20.0. The lowest BCUT2D eigenvalue weighted by molar-refractivity contribution is 0.00299.